The Morgan fingerprint density at radius 1 is 1.20 bits per heavy atom. The molecule has 9 nitrogen and oxygen atoms in total. The molecule has 1 aromatic carbocycles. The third-order valence-corrected chi connectivity index (χ3v) is 10.1. The first-order chi connectivity index (χ1) is 19.3. The van der Waals surface area contributed by atoms with Gasteiger partial charge in [-0.1, -0.05) is 36.6 Å². The van der Waals surface area contributed by atoms with Crippen molar-refractivity contribution in [2.45, 2.75) is 77.5 Å². The summed E-state index contributed by atoms with van der Waals surface area (Å²) in [7, 11) is 3.47. The number of aryl methyl sites for hydroxylation is 1. The van der Waals surface area contributed by atoms with Gasteiger partial charge in [-0.2, -0.15) is 0 Å². The van der Waals surface area contributed by atoms with Gasteiger partial charge in [-0.3, -0.25) is 9.59 Å². The van der Waals surface area contributed by atoms with E-state index in [0.717, 1.165) is 55.5 Å². The van der Waals surface area contributed by atoms with E-state index in [-0.39, 0.29) is 35.8 Å². The predicted molar refractivity (Wildman–Crippen MR) is 150 cm³/mol. The van der Waals surface area contributed by atoms with Crippen LogP contribution in [-0.2, 0) is 41.0 Å². The van der Waals surface area contributed by atoms with E-state index >= 15 is 0 Å². The zero-order chi connectivity index (χ0) is 28.0. The molecule has 3 fully saturated rings. The van der Waals surface area contributed by atoms with Crippen molar-refractivity contribution in [3.05, 3.63) is 39.7 Å². The van der Waals surface area contributed by atoms with Crippen molar-refractivity contribution in [2.75, 3.05) is 26.7 Å². The second kappa shape index (κ2) is 11.0. The average Bonchev–Trinajstić information content (AvgIpc) is 3.50. The van der Waals surface area contributed by atoms with Crippen molar-refractivity contribution in [2.24, 2.45) is 24.3 Å². The number of rotatable bonds is 8. The van der Waals surface area contributed by atoms with Gasteiger partial charge in [-0.15, -0.1) is 5.10 Å². The van der Waals surface area contributed by atoms with Crippen LogP contribution in [0.5, 0.6) is 5.75 Å². The second-order valence-corrected chi connectivity index (χ2v) is 12.8. The van der Waals surface area contributed by atoms with Crippen LogP contribution in [0.15, 0.2) is 12.1 Å². The second-order valence-electron chi connectivity index (χ2n) is 12.4. The minimum atomic E-state index is -0.308. The highest BCUT2D eigenvalue weighted by Crippen LogP contribution is 2.54. The molecule has 1 aromatic heterocycles. The van der Waals surface area contributed by atoms with Gasteiger partial charge in [0.05, 0.1) is 18.3 Å². The van der Waals surface area contributed by atoms with E-state index < -0.39 is 0 Å². The number of ether oxygens (including phenoxy) is 2. The first kappa shape index (κ1) is 27.5. The molecule has 10 heteroatoms. The summed E-state index contributed by atoms with van der Waals surface area (Å²) >= 11 is 6.78. The van der Waals surface area contributed by atoms with E-state index in [1.54, 1.807) is 11.8 Å². The molecule has 6 rings (SSSR count). The number of halogens is 1. The molecule has 0 N–H and O–H groups in total. The van der Waals surface area contributed by atoms with Crippen LogP contribution in [0.2, 0.25) is 5.02 Å². The molecule has 4 aliphatic rings. The molecule has 2 aliphatic carbocycles. The molecule has 40 heavy (non-hydrogen) atoms. The topological polar surface area (TPSA) is 89.8 Å². The lowest BCUT2D eigenvalue weighted by Crippen LogP contribution is -2.49. The molecule has 0 bridgehead atoms. The molecular formula is C30H40ClN5O4. The number of carbonyl (C=O) groups is 2. The van der Waals surface area contributed by atoms with E-state index in [9.17, 15) is 9.59 Å². The Labute approximate surface area is 241 Å². The number of hydrogen-bond donors (Lipinski definition) is 0. The minimum absolute atomic E-state index is 0.0154. The number of methoxy groups -OCH3 is 1. The third-order valence-electron chi connectivity index (χ3n) is 9.71. The van der Waals surface area contributed by atoms with Crippen molar-refractivity contribution in [1.82, 2.24) is 24.8 Å². The van der Waals surface area contributed by atoms with Crippen LogP contribution < -0.4 is 4.74 Å². The van der Waals surface area contributed by atoms with Gasteiger partial charge in [0.2, 0.25) is 11.8 Å². The summed E-state index contributed by atoms with van der Waals surface area (Å²) in [6.07, 6.45) is 7.78. The molecule has 0 unspecified atom stereocenters. The summed E-state index contributed by atoms with van der Waals surface area (Å²) in [5, 5.41) is 9.11. The van der Waals surface area contributed by atoms with Gasteiger partial charge >= 0.3 is 0 Å². The number of likely N-dealkylation sites (tertiary alicyclic amines) is 1. The van der Waals surface area contributed by atoms with Crippen LogP contribution >= 0.6 is 11.6 Å². The van der Waals surface area contributed by atoms with Gasteiger partial charge in [-0.05, 0) is 61.1 Å². The first-order valence-electron chi connectivity index (χ1n) is 14.7. The van der Waals surface area contributed by atoms with Crippen LogP contribution in [-0.4, -0.2) is 63.4 Å². The number of carbonyl (C=O) groups excluding carboxylic acids is 2. The molecule has 2 aliphatic heterocycles. The largest absolute Gasteiger partial charge is 0.487 e. The molecule has 3 heterocycles. The van der Waals surface area contributed by atoms with E-state index in [4.69, 9.17) is 21.1 Å². The molecule has 2 amide bonds. The fourth-order valence-electron chi connectivity index (χ4n) is 7.12. The lowest BCUT2D eigenvalue weighted by Gasteiger charge is -2.43. The number of nitrogens with zero attached hydrogens (tertiary/aromatic N) is 5. The van der Waals surface area contributed by atoms with Crippen molar-refractivity contribution in [1.29, 1.82) is 0 Å². The SMILES string of the molecule is COCc1c(COc2ccc(Cl)c3c2[C@@H](CN2CC4(CC4)CC2=O)N(C(=O)[C@@H]2CCCC[C@@H]2C)CC3)nnn1C. The van der Waals surface area contributed by atoms with Gasteiger partial charge in [0.1, 0.15) is 18.1 Å². The van der Waals surface area contributed by atoms with Gasteiger partial charge in [0.15, 0.2) is 0 Å². The maximum Gasteiger partial charge on any atom is 0.226 e. The van der Waals surface area contributed by atoms with Crippen LogP contribution in [0, 0.1) is 17.3 Å². The smallest absolute Gasteiger partial charge is 0.226 e. The number of aromatic nitrogens is 3. The number of benzene rings is 1. The average molecular weight is 570 g/mol. The van der Waals surface area contributed by atoms with Crippen molar-refractivity contribution >= 4 is 23.4 Å². The summed E-state index contributed by atoms with van der Waals surface area (Å²) in [4.78, 5) is 31.4. The van der Waals surface area contributed by atoms with Gasteiger partial charge in [0, 0.05) is 56.7 Å². The zero-order valence-corrected chi connectivity index (χ0v) is 24.6. The Hall–Kier alpha value is -2.65. The molecular weight excluding hydrogens is 530 g/mol. The van der Waals surface area contributed by atoms with Crippen LogP contribution in [0.25, 0.3) is 0 Å². The number of hydrogen-bond acceptors (Lipinski definition) is 6. The van der Waals surface area contributed by atoms with Crippen LogP contribution in [0.4, 0.5) is 0 Å². The van der Waals surface area contributed by atoms with Gasteiger partial charge in [-0.25, -0.2) is 4.68 Å². The summed E-state index contributed by atoms with van der Waals surface area (Å²) < 4.78 is 13.5. The van der Waals surface area contributed by atoms with Crippen molar-refractivity contribution < 1.29 is 19.1 Å². The summed E-state index contributed by atoms with van der Waals surface area (Å²) in [5.74, 6) is 1.45. The fraction of sp³-hybridized carbons (Fsp3) is 0.667. The maximum absolute atomic E-state index is 14.2. The van der Waals surface area contributed by atoms with Crippen molar-refractivity contribution in [3.63, 3.8) is 0 Å². The molecule has 1 spiro atoms. The normalized spacial score (nSPS) is 25.4. The summed E-state index contributed by atoms with van der Waals surface area (Å²) in [6.45, 7) is 4.64. The fourth-order valence-corrected chi connectivity index (χ4v) is 7.37. The monoisotopic (exact) mass is 569 g/mol. The van der Waals surface area contributed by atoms with E-state index in [1.165, 1.54) is 6.42 Å². The first-order valence-corrected chi connectivity index (χ1v) is 15.1. The Morgan fingerprint density at radius 3 is 2.73 bits per heavy atom. The van der Waals surface area contributed by atoms with Crippen LogP contribution in [0.3, 0.4) is 0 Å². The highest BCUT2D eigenvalue weighted by atomic mass is 35.5. The molecule has 2 saturated carbocycles. The minimum Gasteiger partial charge on any atom is -0.487 e. The van der Waals surface area contributed by atoms with E-state index in [1.807, 2.05) is 29.0 Å². The summed E-state index contributed by atoms with van der Waals surface area (Å²) in [5.41, 5.74) is 3.64. The lowest BCUT2D eigenvalue weighted by molar-refractivity contribution is -0.143. The van der Waals surface area contributed by atoms with Gasteiger partial charge in [0.25, 0.3) is 0 Å². The quantitative estimate of drug-likeness (QED) is 0.466. The molecule has 216 valence electrons. The Balaban J connectivity index is 1.35. The third kappa shape index (κ3) is 5.11. The predicted octanol–water partition coefficient (Wildman–Crippen LogP) is 4.46. The number of fused-ring (bicyclic) bond motifs is 1. The highest BCUT2D eigenvalue weighted by Gasteiger charge is 2.52. The standard InChI is InChI=1S/C30H40ClN5O4/c1-19-6-4-5-7-20(19)29(38)36-13-10-21-22(31)8-9-26(40-16-23-25(17-39-3)34(2)33-32-23)28(21)24(36)15-35-18-30(11-12-30)14-27(35)37/h8-9,19-20,24H,4-7,10-18H2,1-3H3/t19-,20+,24+/m0/s1. The lowest BCUT2D eigenvalue weighted by atomic mass is 9.78. The van der Waals surface area contributed by atoms with Crippen LogP contribution in [0.1, 0.15) is 80.4 Å². The Morgan fingerprint density at radius 2 is 2.00 bits per heavy atom. The molecule has 3 atom stereocenters. The molecule has 2 aromatic rings. The summed E-state index contributed by atoms with van der Waals surface area (Å²) in [6, 6.07) is 3.46. The molecule has 1 saturated heterocycles. The van der Waals surface area contributed by atoms with Crippen molar-refractivity contribution in [3.8, 4) is 5.75 Å². The van der Waals surface area contributed by atoms with E-state index in [0.29, 0.717) is 54.9 Å². The number of amides is 2. The highest BCUT2D eigenvalue weighted by molar-refractivity contribution is 6.31. The zero-order valence-electron chi connectivity index (χ0n) is 23.8. The Kier molecular flexibility index (Phi) is 7.55. The van der Waals surface area contributed by atoms with Gasteiger partial charge < -0.3 is 19.3 Å². The maximum atomic E-state index is 14.2. The Bertz CT molecular complexity index is 1290. The van der Waals surface area contributed by atoms with E-state index in [2.05, 4.69) is 17.2 Å². The molecule has 0 radical (unpaired) electrons.